The molecule has 1 aliphatic carbocycles. The summed E-state index contributed by atoms with van der Waals surface area (Å²) in [5.74, 6) is -1.14. The molecule has 128 valence electrons. The Hall–Kier alpha value is -2.15. The fourth-order valence-corrected chi connectivity index (χ4v) is 3.74. The quantitative estimate of drug-likeness (QED) is 0.881. The standard InChI is InChI=1S/C17H17F2NO3S/c18-12-5-10-17(16(19)11-12)20-24(21,22)15-8-6-14(7-9-15)23-13-3-1-2-4-13/h5-11,13,20H,1-4H2. The van der Waals surface area contributed by atoms with Gasteiger partial charge in [-0.25, -0.2) is 17.2 Å². The second-order valence-corrected chi connectivity index (χ2v) is 7.41. The summed E-state index contributed by atoms with van der Waals surface area (Å²) in [6.07, 6.45) is 4.48. The van der Waals surface area contributed by atoms with E-state index in [0.29, 0.717) is 11.8 Å². The topological polar surface area (TPSA) is 55.4 Å². The van der Waals surface area contributed by atoms with Crippen LogP contribution in [0.4, 0.5) is 14.5 Å². The normalized spacial score (nSPS) is 15.4. The van der Waals surface area contributed by atoms with Crippen LogP contribution in [-0.4, -0.2) is 14.5 Å². The van der Waals surface area contributed by atoms with Crippen molar-refractivity contribution in [1.29, 1.82) is 0 Å². The Balaban J connectivity index is 1.74. The minimum absolute atomic E-state index is 0.0232. The molecule has 0 spiro atoms. The maximum absolute atomic E-state index is 13.6. The predicted octanol–water partition coefficient (Wildman–Crippen LogP) is 4.09. The maximum Gasteiger partial charge on any atom is 0.261 e. The summed E-state index contributed by atoms with van der Waals surface area (Å²) in [7, 11) is -3.96. The van der Waals surface area contributed by atoms with Gasteiger partial charge in [-0.1, -0.05) is 0 Å². The molecule has 0 aliphatic heterocycles. The van der Waals surface area contributed by atoms with Gasteiger partial charge in [-0.3, -0.25) is 4.72 Å². The number of sulfonamides is 1. The number of benzene rings is 2. The monoisotopic (exact) mass is 353 g/mol. The Morgan fingerprint density at radius 1 is 1.00 bits per heavy atom. The van der Waals surface area contributed by atoms with Crippen LogP contribution in [0.2, 0.25) is 0 Å². The number of ether oxygens (including phenoxy) is 1. The summed E-state index contributed by atoms with van der Waals surface area (Å²) >= 11 is 0. The molecule has 1 aliphatic rings. The second kappa shape index (κ2) is 6.76. The fourth-order valence-electron chi connectivity index (χ4n) is 2.67. The molecule has 4 nitrogen and oxygen atoms in total. The third kappa shape index (κ3) is 3.84. The van der Waals surface area contributed by atoms with Gasteiger partial charge in [0.15, 0.2) is 0 Å². The lowest BCUT2D eigenvalue weighted by Gasteiger charge is -2.14. The number of rotatable bonds is 5. The van der Waals surface area contributed by atoms with E-state index in [1.54, 1.807) is 12.1 Å². The van der Waals surface area contributed by atoms with Crippen molar-refractivity contribution in [2.24, 2.45) is 0 Å². The van der Waals surface area contributed by atoms with Gasteiger partial charge in [-0.2, -0.15) is 0 Å². The van der Waals surface area contributed by atoms with E-state index in [-0.39, 0.29) is 16.7 Å². The average molecular weight is 353 g/mol. The first-order valence-electron chi connectivity index (χ1n) is 7.69. The molecule has 0 radical (unpaired) electrons. The van der Waals surface area contributed by atoms with Gasteiger partial charge in [0.25, 0.3) is 10.0 Å². The van der Waals surface area contributed by atoms with E-state index in [0.717, 1.165) is 37.8 Å². The van der Waals surface area contributed by atoms with Gasteiger partial charge in [0.2, 0.25) is 0 Å². The zero-order valence-corrected chi connectivity index (χ0v) is 13.7. The molecular formula is C17H17F2NO3S. The van der Waals surface area contributed by atoms with Crippen LogP contribution < -0.4 is 9.46 Å². The van der Waals surface area contributed by atoms with Crippen LogP contribution in [-0.2, 0) is 10.0 Å². The van der Waals surface area contributed by atoms with Gasteiger partial charge < -0.3 is 4.74 Å². The third-order valence-electron chi connectivity index (χ3n) is 3.91. The number of anilines is 1. The minimum Gasteiger partial charge on any atom is -0.490 e. The Morgan fingerprint density at radius 2 is 1.67 bits per heavy atom. The van der Waals surface area contributed by atoms with Crippen LogP contribution >= 0.6 is 0 Å². The molecule has 0 amide bonds. The van der Waals surface area contributed by atoms with Crippen LogP contribution in [0, 0.1) is 11.6 Å². The lowest BCUT2D eigenvalue weighted by atomic mass is 10.3. The Kier molecular flexibility index (Phi) is 4.71. The number of hydrogen-bond donors (Lipinski definition) is 1. The van der Waals surface area contributed by atoms with Gasteiger partial charge in [0, 0.05) is 6.07 Å². The average Bonchev–Trinajstić information content (AvgIpc) is 3.04. The van der Waals surface area contributed by atoms with E-state index >= 15 is 0 Å². The van der Waals surface area contributed by atoms with Crippen molar-refractivity contribution in [3.8, 4) is 5.75 Å². The fraction of sp³-hybridized carbons (Fsp3) is 0.294. The highest BCUT2D eigenvalue weighted by Crippen LogP contribution is 2.26. The molecule has 1 fully saturated rings. The highest BCUT2D eigenvalue weighted by molar-refractivity contribution is 7.92. The van der Waals surface area contributed by atoms with E-state index in [9.17, 15) is 17.2 Å². The van der Waals surface area contributed by atoms with Gasteiger partial charge in [-0.05, 0) is 62.1 Å². The first-order valence-corrected chi connectivity index (χ1v) is 9.17. The van der Waals surface area contributed by atoms with E-state index < -0.39 is 21.7 Å². The molecule has 2 aromatic carbocycles. The molecule has 1 N–H and O–H groups in total. The largest absolute Gasteiger partial charge is 0.490 e. The molecule has 0 atom stereocenters. The maximum atomic E-state index is 13.6. The van der Waals surface area contributed by atoms with Crippen molar-refractivity contribution in [3.05, 3.63) is 54.1 Å². The highest BCUT2D eigenvalue weighted by atomic mass is 32.2. The Labute approximate surface area is 139 Å². The smallest absolute Gasteiger partial charge is 0.261 e. The number of halogens is 2. The molecule has 3 rings (SSSR count). The Bertz CT molecular complexity index is 816. The Morgan fingerprint density at radius 3 is 2.29 bits per heavy atom. The van der Waals surface area contributed by atoms with Gasteiger partial charge in [-0.15, -0.1) is 0 Å². The summed E-state index contributed by atoms with van der Waals surface area (Å²) in [5.41, 5.74) is -0.303. The molecule has 1 saturated carbocycles. The molecule has 0 heterocycles. The van der Waals surface area contributed by atoms with Crippen molar-refractivity contribution in [3.63, 3.8) is 0 Å². The summed E-state index contributed by atoms with van der Waals surface area (Å²) in [6, 6.07) is 8.60. The molecule has 0 bridgehead atoms. The van der Waals surface area contributed by atoms with E-state index in [2.05, 4.69) is 4.72 Å². The SMILES string of the molecule is O=S(=O)(Nc1ccc(F)cc1F)c1ccc(OC2CCCC2)cc1. The van der Waals surface area contributed by atoms with Crippen LogP contribution in [0.15, 0.2) is 47.4 Å². The molecule has 24 heavy (non-hydrogen) atoms. The van der Waals surface area contributed by atoms with Crippen molar-refractivity contribution in [2.75, 3.05) is 4.72 Å². The van der Waals surface area contributed by atoms with Gasteiger partial charge in [0.05, 0.1) is 16.7 Å². The van der Waals surface area contributed by atoms with Gasteiger partial charge >= 0.3 is 0 Å². The summed E-state index contributed by atoms with van der Waals surface area (Å²) in [6.45, 7) is 0. The van der Waals surface area contributed by atoms with E-state index in [4.69, 9.17) is 4.74 Å². The summed E-state index contributed by atoms with van der Waals surface area (Å²) in [5, 5.41) is 0. The molecule has 7 heteroatoms. The highest BCUT2D eigenvalue weighted by Gasteiger charge is 2.19. The first kappa shape index (κ1) is 16.7. The molecule has 0 aromatic heterocycles. The minimum atomic E-state index is -3.96. The second-order valence-electron chi connectivity index (χ2n) is 5.73. The summed E-state index contributed by atoms with van der Waals surface area (Å²) < 4.78 is 58.9. The summed E-state index contributed by atoms with van der Waals surface area (Å²) in [4.78, 5) is -0.0232. The molecule has 2 aromatic rings. The van der Waals surface area contributed by atoms with Crippen molar-refractivity contribution >= 4 is 15.7 Å². The predicted molar refractivity (Wildman–Crippen MR) is 86.5 cm³/mol. The van der Waals surface area contributed by atoms with Crippen LogP contribution in [0.5, 0.6) is 5.75 Å². The van der Waals surface area contributed by atoms with Crippen LogP contribution in [0.25, 0.3) is 0 Å². The van der Waals surface area contributed by atoms with Crippen molar-refractivity contribution in [1.82, 2.24) is 0 Å². The lowest BCUT2D eigenvalue weighted by molar-refractivity contribution is 0.210. The first-order chi connectivity index (χ1) is 11.4. The molecule has 0 unspecified atom stereocenters. The van der Waals surface area contributed by atoms with E-state index in [1.165, 1.54) is 12.1 Å². The zero-order chi connectivity index (χ0) is 17.2. The van der Waals surface area contributed by atoms with Crippen molar-refractivity contribution < 1.29 is 21.9 Å². The van der Waals surface area contributed by atoms with Crippen molar-refractivity contribution in [2.45, 2.75) is 36.7 Å². The van der Waals surface area contributed by atoms with Crippen LogP contribution in [0.3, 0.4) is 0 Å². The number of nitrogens with one attached hydrogen (secondary N) is 1. The molecular weight excluding hydrogens is 336 g/mol. The van der Waals surface area contributed by atoms with Gasteiger partial charge in [0.1, 0.15) is 17.4 Å². The molecule has 0 saturated heterocycles. The lowest BCUT2D eigenvalue weighted by Crippen LogP contribution is -2.14. The number of hydrogen-bond acceptors (Lipinski definition) is 3. The van der Waals surface area contributed by atoms with E-state index in [1.807, 2.05) is 0 Å². The third-order valence-corrected chi connectivity index (χ3v) is 5.30. The van der Waals surface area contributed by atoms with Crippen LogP contribution in [0.1, 0.15) is 25.7 Å². The zero-order valence-electron chi connectivity index (χ0n) is 12.8.